The Labute approximate surface area is 183 Å². The van der Waals surface area contributed by atoms with Gasteiger partial charge in [0.15, 0.2) is 0 Å². The van der Waals surface area contributed by atoms with Gasteiger partial charge in [-0.15, -0.1) is 0 Å². The first-order chi connectivity index (χ1) is 14.8. The second kappa shape index (κ2) is 8.86. The number of rotatable bonds is 9. The molecule has 1 saturated carbocycles. The standard InChI is InChI=1S/C23H29N3O4S/c1-16-14-19(16)20-12-11-17(30-20)15-26(2)22(27)10-4-3-7-13-24-23-18-8-5-6-9-21(18)31(28,29)25-23/h5-6,8-9,11-12,16,19H,3-4,7,10,13-15H2,1-2H3,(H,24,25)/t16-,19-/m1/s1. The van der Waals surface area contributed by atoms with Gasteiger partial charge in [-0.05, 0) is 49.4 Å². The molecule has 2 atom stereocenters. The van der Waals surface area contributed by atoms with Crippen LogP contribution >= 0.6 is 0 Å². The van der Waals surface area contributed by atoms with E-state index in [2.05, 4.69) is 16.6 Å². The Balaban J connectivity index is 1.17. The molecule has 8 heteroatoms. The van der Waals surface area contributed by atoms with Gasteiger partial charge in [0.05, 0.1) is 11.4 Å². The number of fused-ring (bicyclic) bond motifs is 1. The van der Waals surface area contributed by atoms with Crippen LogP contribution < -0.4 is 4.72 Å². The van der Waals surface area contributed by atoms with Crippen LogP contribution in [-0.4, -0.2) is 38.7 Å². The maximum Gasteiger partial charge on any atom is 0.263 e. The molecule has 1 aromatic heterocycles. The molecule has 1 aliphatic carbocycles. The molecule has 0 spiro atoms. The van der Waals surface area contributed by atoms with Crippen molar-refractivity contribution in [2.45, 2.75) is 56.4 Å². The summed E-state index contributed by atoms with van der Waals surface area (Å²) in [6, 6.07) is 10.8. The van der Waals surface area contributed by atoms with Gasteiger partial charge in [-0.25, -0.2) is 8.42 Å². The van der Waals surface area contributed by atoms with Crippen molar-refractivity contribution in [3.05, 3.63) is 53.5 Å². The van der Waals surface area contributed by atoms with Crippen LogP contribution in [0.1, 0.15) is 62.0 Å². The third kappa shape index (κ3) is 5.01. The van der Waals surface area contributed by atoms with E-state index in [1.54, 1.807) is 36.2 Å². The van der Waals surface area contributed by atoms with Gasteiger partial charge in [-0.1, -0.05) is 25.5 Å². The lowest BCUT2D eigenvalue weighted by molar-refractivity contribution is -0.130. The maximum atomic E-state index is 12.4. The van der Waals surface area contributed by atoms with Gasteiger partial charge >= 0.3 is 0 Å². The normalized spacial score (nSPS) is 22.2. The average molecular weight is 444 g/mol. The summed E-state index contributed by atoms with van der Waals surface area (Å²) in [6.07, 6.45) is 4.10. The highest BCUT2D eigenvalue weighted by atomic mass is 32.2. The molecule has 1 aliphatic heterocycles. The zero-order valence-corrected chi connectivity index (χ0v) is 18.8. The number of carbonyl (C=O) groups is 1. The highest BCUT2D eigenvalue weighted by Gasteiger charge is 2.36. The molecule has 0 saturated heterocycles. The summed E-state index contributed by atoms with van der Waals surface area (Å²) in [5.41, 5.74) is 0.622. The number of nitrogens with one attached hydrogen (secondary N) is 1. The number of sulfonamides is 1. The van der Waals surface area contributed by atoms with Crippen LogP contribution in [0.25, 0.3) is 0 Å². The third-order valence-electron chi connectivity index (χ3n) is 5.96. The van der Waals surface area contributed by atoms with E-state index >= 15 is 0 Å². The van der Waals surface area contributed by atoms with Crippen molar-refractivity contribution in [3.8, 4) is 0 Å². The molecule has 7 nitrogen and oxygen atoms in total. The number of benzene rings is 1. The Morgan fingerprint density at radius 1 is 1.19 bits per heavy atom. The lowest BCUT2D eigenvalue weighted by atomic mass is 10.1. The minimum atomic E-state index is -3.49. The molecule has 1 aromatic carbocycles. The average Bonchev–Trinajstić information content (AvgIpc) is 3.18. The fourth-order valence-electron chi connectivity index (χ4n) is 3.92. The molecule has 1 amide bonds. The number of carbonyl (C=O) groups excluding carboxylic acids is 1. The van der Waals surface area contributed by atoms with E-state index in [1.807, 2.05) is 12.1 Å². The van der Waals surface area contributed by atoms with Gasteiger partial charge in [0, 0.05) is 31.5 Å². The number of hydrogen-bond acceptors (Lipinski definition) is 5. The van der Waals surface area contributed by atoms with Crippen molar-refractivity contribution in [3.63, 3.8) is 0 Å². The maximum absolute atomic E-state index is 12.4. The summed E-state index contributed by atoms with van der Waals surface area (Å²) in [4.78, 5) is 18.8. The quantitative estimate of drug-likeness (QED) is 0.599. The first-order valence-electron chi connectivity index (χ1n) is 10.8. The van der Waals surface area contributed by atoms with Crippen LogP contribution in [0.3, 0.4) is 0 Å². The SMILES string of the molecule is C[C@@H]1C[C@H]1c1ccc(CN(C)C(=O)CCCCCN=C2NS(=O)(=O)c3ccccc32)o1. The number of amidine groups is 1. The van der Waals surface area contributed by atoms with Crippen LogP contribution in [0.4, 0.5) is 0 Å². The lowest BCUT2D eigenvalue weighted by Crippen LogP contribution is -2.25. The summed E-state index contributed by atoms with van der Waals surface area (Å²) in [7, 11) is -1.68. The first-order valence-corrected chi connectivity index (χ1v) is 12.3. The Bertz CT molecular complexity index is 1090. The van der Waals surface area contributed by atoms with Crippen LogP contribution in [0.2, 0.25) is 0 Å². The van der Waals surface area contributed by atoms with E-state index in [-0.39, 0.29) is 10.8 Å². The number of aliphatic imine (C=N–C) groups is 1. The van der Waals surface area contributed by atoms with Crippen LogP contribution in [-0.2, 0) is 21.4 Å². The molecule has 2 heterocycles. The Hall–Kier alpha value is -2.61. The van der Waals surface area contributed by atoms with Gasteiger partial charge < -0.3 is 9.32 Å². The van der Waals surface area contributed by atoms with E-state index in [9.17, 15) is 13.2 Å². The minimum absolute atomic E-state index is 0.0986. The fraction of sp³-hybridized carbons (Fsp3) is 0.478. The molecular weight excluding hydrogens is 414 g/mol. The van der Waals surface area contributed by atoms with E-state index in [1.165, 1.54) is 6.42 Å². The largest absolute Gasteiger partial charge is 0.464 e. The van der Waals surface area contributed by atoms with Crippen LogP contribution in [0.5, 0.6) is 0 Å². The molecule has 1 N–H and O–H groups in total. The predicted molar refractivity (Wildman–Crippen MR) is 118 cm³/mol. The highest BCUT2D eigenvalue weighted by Crippen LogP contribution is 2.47. The zero-order valence-electron chi connectivity index (χ0n) is 18.0. The molecule has 1 fully saturated rings. The molecular formula is C23H29N3O4S. The predicted octanol–water partition coefficient (Wildman–Crippen LogP) is 3.66. The summed E-state index contributed by atoms with van der Waals surface area (Å²) >= 11 is 0. The number of unbranched alkanes of at least 4 members (excludes halogenated alkanes) is 2. The van der Waals surface area contributed by atoms with Crippen molar-refractivity contribution in [1.82, 2.24) is 9.62 Å². The molecule has 2 aromatic rings. The number of hydrogen-bond donors (Lipinski definition) is 1. The Kier molecular flexibility index (Phi) is 6.18. The van der Waals surface area contributed by atoms with Crippen molar-refractivity contribution in [1.29, 1.82) is 0 Å². The van der Waals surface area contributed by atoms with Gasteiger partial charge in [-0.2, -0.15) is 0 Å². The van der Waals surface area contributed by atoms with Crippen molar-refractivity contribution >= 4 is 21.8 Å². The first kappa shape index (κ1) is 21.6. The molecule has 0 unspecified atom stereocenters. The van der Waals surface area contributed by atoms with E-state index in [0.29, 0.717) is 42.7 Å². The van der Waals surface area contributed by atoms with Crippen molar-refractivity contribution < 1.29 is 17.6 Å². The highest BCUT2D eigenvalue weighted by molar-refractivity contribution is 7.90. The second-order valence-corrected chi connectivity index (χ2v) is 10.2. The smallest absolute Gasteiger partial charge is 0.263 e. The van der Waals surface area contributed by atoms with E-state index < -0.39 is 10.0 Å². The topological polar surface area (TPSA) is 92.0 Å². The lowest BCUT2D eigenvalue weighted by Gasteiger charge is -2.15. The number of nitrogens with zero attached hydrogens (tertiary/aromatic N) is 2. The minimum Gasteiger partial charge on any atom is -0.464 e. The van der Waals surface area contributed by atoms with Crippen molar-refractivity contribution in [2.24, 2.45) is 10.9 Å². The van der Waals surface area contributed by atoms with Gasteiger partial charge in [0.25, 0.3) is 10.0 Å². The molecule has 0 bridgehead atoms. The Morgan fingerprint density at radius 2 is 1.97 bits per heavy atom. The van der Waals surface area contributed by atoms with Gasteiger partial charge in [0.1, 0.15) is 17.4 Å². The monoisotopic (exact) mass is 443 g/mol. The van der Waals surface area contributed by atoms with Crippen molar-refractivity contribution in [2.75, 3.05) is 13.6 Å². The molecule has 0 radical (unpaired) electrons. The number of amides is 1. The van der Waals surface area contributed by atoms with Gasteiger partial charge in [-0.3, -0.25) is 14.5 Å². The van der Waals surface area contributed by atoms with Gasteiger partial charge in [0.2, 0.25) is 5.91 Å². The van der Waals surface area contributed by atoms with E-state index in [4.69, 9.17) is 4.42 Å². The summed E-state index contributed by atoms with van der Waals surface area (Å²) < 4.78 is 32.6. The Morgan fingerprint density at radius 3 is 2.74 bits per heavy atom. The summed E-state index contributed by atoms with van der Waals surface area (Å²) in [5.74, 6) is 3.63. The third-order valence-corrected chi connectivity index (χ3v) is 7.35. The number of furan rings is 1. The summed E-state index contributed by atoms with van der Waals surface area (Å²) in [5, 5.41) is 0. The van der Waals surface area contributed by atoms with Crippen LogP contribution in [0, 0.1) is 5.92 Å². The molecule has 31 heavy (non-hydrogen) atoms. The summed E-state index contributed by atoms with van der Waals surface area (Å²) in [6.45, 7) is 3.23. The molecule has 4 rings (SSSR count). The van der Waals surface area contributed by atoms with E-state index in [0.717, 1.165) is 30.8 Å². The molecule has 166 valence electrons. The fourth-order valence-corrected chi connectivity index (χ4v) is 5.17. The second-order valence-electron chi connectivity index (χ2n) is 8.52. The van der Waals surface area contributed by atoms with Crippen LogP contribution in [0.15, 0.2) is 50.7 Å². The zero-order chi connectivity index (χ0) is 22.0. The molecule has 2 aliphatic rings.